The number of rotatable bonds is 6. The van der Waals surface area contributed by atoms with Crippen molar-refractivity contribution < 1.29 is 14.7 Å². The minimum Gasteiger partial charge on any atom is -0.481 e. The van der Waals surface area contributed by atoms with Crippen molar-refractivity contribution in [2.45, 2.75) is 6.92 Å². The fraction of sp³-hybridized carbons (Fsp3) is 0.357. The van der Waals surface area contributed by atoms with Crippen molar-refractivity contribution in [2.75, 3.05) is 25.5 Å². The normalized spacial score (nSPS) is 11.7. The lowest BCUT2D eigenvalue weighted by atomic mass is 10.2. The Hall–Kier alpha value is -2.39. The Labute approximate surface area is 117 Å². The van der Waals surface area contributed by atoms with E-state index in [-0.39, 0.29) is 12.5 Å². The van der Waals surface area contributed by atoms with Crippen LogP contribution in [0, 0.1) is 17.2 Å². The van der Waals surface area contributed by atoms with Crippen LogP contribution in [0.4, 0.5) is 5.69 Å². The summed E-state index contributed by atoms with van der Waals surface area (Å²) in [5, 5.41) is 20.2. The molecule has 0 aliphatic heterocycles. The van der Waals surface area contributed by atoms with Crippen LogP contribution in [0.2, 0.25) is 0 Å². The van der Waals surface area contributed by atoms with E-state index < -0.39 is 11.9 Å². The molecule has 0 aliphatic rings. The van der Waals surface area contributed by atoms with Crippen LogP contribution >= 0.6 is 0 Å². The maximum Gasteiger partial charge on any atom is 0.307 e. The number of carbonyl (C=O) groups excluding carboxylic acids is 1. The Morgan fingerprint density at radius 3 is 2.50 bits per heavy atom. The minimum absolute atomic E-state index is 0.109. The summed E-state index contributed by atoms with van der Waals surface area (Å²) < 4.78 is 0. The maximum atomic E-state index is 11.8. The monoisotopic (exact) mass is 275 g/mol. The predicted octanol–water partition coefficient (Wildman–Crippen LogP) is 1.15. The SMILES string of the molecule is CC(CN(C)CC(=O)Nc1ccc(C#N)cc1)C(=O)O. The van der Waals surface area contributed by atoms with E-state index in [0.29, 0.717) is 17.8 Å². The van der Waals surface area contributed by atoms with Crippen LogP contribution in [0.3, 0.4) is 0 Å². The van der Waals surface area contributed by atoms with Gasteiger partial charge in [0, 0.05) is 12.2 Å². The van der Waals surface area contributed by atoms with Gasteiger partial charge in [-0.05, 0) is 31.3 Å². The number of amides is 1. The Balaban J connectivity index is 2.46. The fourth-order valence-corrected chi connectivity index (χ4v) is 1.68. The molecule has 0 spiro atoms. The first-order chi connectivity index (χ1) is 9.42. The second-order valence-electron chi connectivity index (χ2n) is 4.67. The molecule has 1 aromatic rings. The third-order valence-corrected chi connectivity index (χ3v) is 2.72. The number of likely N-dealkylation sites (N-methyl/N-ethyl adjacent to an activating group) is 1. The number of nitriles is 1. The smallest absolute Gasteiger partial charge is 0.307 e. The van der Waals surface area contributed by atoms with Crippen molar-refractivity contribution in [2.24, 2.45) is 5.92 Å². The summed E-state index contributed by atoms with van der Waals surface area (Å²) in [6, 6.07) is 8.53. The molecule has 0 heterocycles. The number of hydrogen-bond donors (Lipinski definition) is 2. The number of hydrogen-bond acceptors (Lipinski definition) is 4. The maximum absolute atomic E-state index is 11.8. The molecule has 2 N–H and O–H groups in total. The molecule has 20 heavy (non-hydrogen) atoms. The van der Waals surface area contributed by atoms with E-state index in [0.717, 1.165) is 0 Å². The molecule has 6 nitrogen and oxygen atoms in total. The molecule has 0 aliphatic carbocycles. The highest BCUT2D eigenvalue weighted by Crippen LogP contribution is 2.08. The van der Waals surface area contributed by atoms with Gasteiger partial charge in [0.1, 0.15) is 0 Å². The second kappa shape index (κ2) is 7.26. The minimum atomic E-state index is -0.885. The molecule has 0 radical (unpaired) electrons. The molecule has 0 saturated carbocycles. The van der Waals surface area contributed by atoms with Crippen molar-refractivity contribution in [1.29, 1.82) is 5.26 Å². The summed E-state index contributed by atoms with van der Waals surface area (Å²) in [6.07, 6.45) is 0. The first kappa shape index (κ1) is 15.7. The predicted molar refractivity (Wildman–Crippen MR) is 74.1 cm³/mol. The number of nitrogens with one attached hydrogen (secondary N) is 1. The Morgan fingerprint density at radius 1 is 1.40 bits per heavy atom. The Bertz CT molecular complexity index is 519. The molecular formula is C14H17N3O3. The molecule has 1 aromatic carbocycles. The molecule has 0 saturated heterocycles. The molecule has 0 bridgehead atoms. The summed E-state index contributed by atoms with van der Waals surface area (Å²) in [4.78, 5) is 24.1. The molecule has 1 rings (SSSR count). The highest BCUT2D eigenvalue weighted by molar-refractivity contribution is 5.92. The van der Waals surface area contributed by atoms with Crippen LogP contribution in [0.5, 0.6) is 0 Å². The van der Waals surface area contributed by atoms with Crippen LogP contribution in [0.25, 0.3) is 0 Å². The molecule has 0 aromatic heterocycles. The lowest BCUT2D eigenvalue weighted by Gasteiger charge is -2.18. The first-order valence-electron chi connectivity index (χ1n) is 6.13. The molecule has 1 atom stereocenters. The van der Waals surface area contributed by atoms with Gasteiger partial charge in [0.05, 0.1) is 24.1 Å². The van der Waals surface area contributed by atoms with Gasteiger partial charge in [-0.25, -0.2) is 0 Å². The quantitative estimate of drug-likeness (QED) is 0.812. The van der Waals surface area contributed by atoms with Gasteiger partial charge in [-0.1, -0.05) is 6.92 Å². The zero-order valence-corrected chi connectivity index (χ0v) is 11.5. The highest BCUT2D eigenvalue weighted by Gasteiger charge is 2.15. The number of anilines is 1. The highest BCUT2D eigenvalue weighted by atomic mass is 16.4. The van der Waals surface area contributed by atoms with Crippen LogP contribution in [-0.2, 0) is 9.59 Å². The molecule has 6 heteroatoms. The summed E-state index contributed by atoms with van der Waals surface area (Å²) >= 11 is 0. The molecular weight excluding hydrogens is 258 g/mol. The fourth-order valence-electron chi connectivity index (χ4n) is 1.68. The average molecular weight is 275 g/mol. The number of nitrogens with zero attached hydrogens (tertiary/aromatic N) is 2. The van der Waals surface area contributed by atoms with Crippen molar-refractivity contribution >= 4 is 17.6 Å². The van der Waals surface area contributed by atoms with E-state index >= 15 is 0 Å². The van der Waals surface area contributed by atoms with Crippen LogP contribution in [0.1, 0.15) is 12.5 Å². The van der Waals surface area contributed by atoms with E-state index in [4.69, 9.17) is 10.4 Å². The standard InChI is InChI=1S/C14H17N3O3/c1-10(14(19)20)8-17(2)9-13(18)16-12-5-3-11(7-15)4-6-12/h3-6,10H,8-9H2,1-2H3,(H,16,18)(H,19,20). The molecule has 0 fully saturated rings. The van der Waals surface area contributed by atoms with Gasteiger partial charge in [0.2, 0.25) is 5.91 Å². The van der Waals surface area contributed by atoms with Crippen molar-refractivity contribution in [3.63, 3.8) is 0 Å². The van der Waals surface area contributed by atoms with E-state index in [2.05, 4.69) is 5.32 Å². The zero-order chi connectivity index (χ0) is 15.1. The Morgan fingerprint density at radius 2 is 2.00 bits per heavy atom. The second-order valence-corrected chi connectivity index (χ2v) is 4.67. The topological polar surface area (TPSA) is 93.4 Å². The summed E-state index contributed by atoms with van der Waals surface area (Å²) in [5.41, 5.74) is 1.13. The average Bonchev–Trinajstić information content (AvgIpc) is 2.39. The molecule has 106 valence electrons. The lowest BCUT2D eigenvalue weighted by Crippen LogP contribution is -2.35. The number of carboxylic acids is 1. The van der Waals surface area contributed by atoms with Gasteiger partial charge in [0.15, 0.2) is 0 Å². The van der Waals surface area contributed by atoms with E-state index in [9.17, 15) is 9.59 Å². The van der Waals surface area contributed by atoms with E-state index in [1.165, 1.54) is 0 Å². The van der Waals surface area contributed by atoms with Crippen LogP contribution in [-0.4, -0.2) is 42.0 Å². The van der Waals surface area contributed by atoms with E-state index in [1.807, 2.05) is 6.07 Å². The molecule has 1 amide bonds. The lowest BCUT2D eigenvalue weighted by molar-refractivity contribution is -0.141. The third kappa shape index (κ3) is 5.08. The Kier molecular flexibility index (Phi) is 5.69. The van der Waals surface area contributed by atoms with Crippen LogP contribution in [0.15, 0.2) is 24.3 Å². The number of benzene rings is 1. The van der Waals surface area contributed by atoms with Gasteiger partial charge in [-0.15, -0.1) is 0 Å². The van der Waals surface area contributed by atoms with Gasteiger partial charge in [0.25, 0.3) is 0 Å². The van der Waals surface area contributed by atoms with E-state index in [1.54, 1.807) is 43.1 Å². The number of carboxylic acid groups (broad SMARTS) is 1. The van der Waals surface area contributed by atoms with Crippen LogP contribution < -0.4 is 5.32 Å². The van der Waals surface area contributed by atoms with Gasteiger partial charge >= 0.3 is 5.97 Å². The number of aliphatic carboxylic acids is 1. The summed E-state index contributed by atoms with van der Waals surface area (Å²) in [6.45, 7) is 2.01. The zero-order valence-electron chi connectivity index (χ0n) is 11.5. The van der Waals surface area contributed by atoms with Gasteiger partial charge < -0.3 is 10.4 Å². The van der Waals surface area contributed by atoms with Crippen molar-refractivity contribution in [3.05, 3.63) is 29.8 Å². The summed E-state index contributed by atoms with van der Waals surface area (Å²) in [5.74, 6) is -1.64. The largest absolute Gasteiger partial charge is 0.481 e. The number of carbonyl (C=O) groups is 2. The van der Waals surface area contributed by atoms with Gasteiger partial charge in [-0.2, -0.15) is 5.26 Å². The third-order valence-electron chi connectivity index (χ3n) is 2.72. The first-order valence-corrected chi connectivity index (χ1v) is 6.13. The molecule has 1 unspecified atom stereocenters. The van der Waals surface area contributed by atoms with Crippen molar-refractivity contribution in [1.82, 2.24) is 4.90 Å². The van der Waals surface area contributed by atoms with Gasteiger partial charge in [-0.3, -0.25) is 14.5 Å². The van der Waals surface area contributed by atoms with Crippen molar-refractivity contribution in [3.8, 4) is 6.07 Å². The summed E-state index contributed by atoms with van der Waals surface area (Å²) in [7, 11) is 1.69.